The Bertz CT molecular complexity index is 897. The minimum absolute atomic E-state index is 0.205. The molecule has 3 rings (SSSR count). The number of imidazole rings is 1. The first-order valence-electron chi connectivity index (χ1n) is 7.03. The Kier molecular flexibility index (Phi) is 3.85. The Labute approximate surface area is 133 Å². The van der Waals surface area contributed by atoms with Gasteiger partial charge in [0.2, 0.25) is 0 Å². The van der Waals surface area contributed by atoms with Gasteiger partial charge in [-0.2, -0.15) is 0 Å². The highest BCUT2D eigenvalue weighted by atomic mass is 19.1. The Morgan fingerprint density at radius 2 is 2.17 bits per heavy atom. The predicted octanol–water partition coefficient (Wildman–Crippen LogP) is 3.03. The van der Waals surface area contributed by atoms with Crippen LogP contribution >= 0.6 is 0 Å². The normalized spacial score (nSPS) is 11.9. The maximum Gasteiger partial charge on any atom is 0.155 e. The molecule has 0 fully saturated rings. The number of anilines is 1. The first-order valence-corrected chi connectivity index (χ1v) is 7.03. The molecule has 0 spiro atoms. The summed E-state index contributed by atoms with van der Waals surface area (Å²) in [6.07, 6.45) is 7.02. The van der Waals surface area contributed by atoms with Gasteiger partial charge in [0.1, 0.15) is 23.1 Å². The van der Waals surface area contributed by atoms with Gasteiger partial charge in [0.25, 0.3) is 0 Å². The number of fused-ring (bicyclic) bond motifs is 1. The summed E-state index contributed by atoms with van der Waals surface area (Å²) in [7, 11) is 1.55. The van der Waals surface area contributed by atoms with E-state index in [4.69, 9.17) is 11.2 Å². The lowest BCUT2D eigenvalue weighted by atomic mass is 10.1. The summed E-state index contributed by atoms with van der Waals surface area (Å²) in [4.78, 5) is 4.17. The lowest BCUT2D eigenvalue weighted by molar-refractivity contribution is 0.406. The molecule has 3 aromatic rings. The van der Waals surface area contributed by atoms with Crippen LogP contribution in [0.2, 0.25) is 0 Å². The third kappa shape index (κ3) is 2.81. The molecule has 1 atom stereocenters. The molecule has 0 radical (unpaired) electrons. The van der Waals surface area contributed by atoms with Gasteiger partial charge in [-0.05, 0) is 43.2 Å². The lowest BCUT2D eigenvalue weighted by Crippen LogP contribution is -2.11. The molecular formula is C17H15FN4O. The number of terminal acetylenes is 1. The largest absolute Gasteiger partial charge is 0.496 e. The van der Waals surface area contributed by atoms with Gasteiger partial charge in [0.05, 0.1) is 19.3 Å². The van der Waals surface area contributed by atoms with Crippen LogP contribution in [0.15, 0.2) is 36.5 Å². The quantitative estimate of drug-likeness (QED) is 0.753. The van der Waals surface area contributed by atoms with Gasteiger partial charge in [-0.25, -0.2) is 13.9 Å². The lowest BCUT2D eigenvalue weighted by Gasteiger charge is -2.18. The summed E-state index contributed by atoms with van der Waals surface area (Å²) in [5, 5.41) is 7.63. The van der Waals surface area contributed by atoms with Crippen LogP contribution in [-0.4, -0.2) is 21.7 Å². The number of hydrogen-bond donors (Lipinski definition) is 1. The molecule has 0 saturated heterocycles. The van der Waals surface area contributed by atoms with E-state index >= 15 is 0 Å². The molecule has 1 unspecified atom stereocenters. The van der Waals surface area contributed by atoms with E-state index in [1.807, 2.05) is 13.0 Å². The summed E-state index contributed by atoms with van der Waals surface area (Å²) in [5.74, 6) is 3.42. The average Bonchev–Trinajstić information content (AvgIpc) is 2.97. The number of nitrogens with one attached hydrogen (secondary N) is 1. The van der Waals surface area contributed by atoms with Gasteiger partial charge in [0.15, 0.2) is 5.65 Å². The van der Waals surface area contributed by atoms with Gasteiger partial charge in [-0.1, -0.05) is 0 Å². The molecule has 0 amide bonds. The third-order valence-corrected chi connectivity index (χ3v) is 3.53. The average molecular weight is 310 g/mol. The van der Waals surface area contributed by atoms with Crippen molar-refractivity contribution in [2.24, 2.45) is 0 Å². The van der Waals surface area contributed by atoms with Crippen molar-refractivity contribution < 1.29 is 9.13 Å². The maximum atomic E-state index is 13.5. The number of aromatic nitrogens is 3. The molecule has 2 aromatic heterocycles. The molecule has 6 heteroatoms. The van der Waals surface area contributed by atoms with Gasteiger partial charge in [0, 0.05) is 5.56 Å². The van der Waals surface area contributed by atoms with Crippen LogP contribution in [0.4, 0.5) is 10.2 Å². The number of methoxy groups -OCH3 is 1. The second-order valence-corrected chi connectivity index (χ2v) is 5.03. The van der Waals surface area contributed by atoms with Crippen molar-refractivity contribution in [1.82, 2.24) is 14.6 Å². The summed E-state index contributed by atoms with van der Waals surface area (Å²) in [6.45, 7) is 1.90. The van der Waals surface area contributed by atoms with Crippen molar-refractivity contribution in [2.45, 2.75) is 13.0 Å². The second-order valence-electron chi connectivity index (χ2n) is 5.03. The summed E-state index contributed by atoms with van der Waals surface area (Å²) < 4.78 is 20.4. The van der Waals surface area contributed by atoms with Crippen LogP contribution in [-0.2, 0) is 0 Å². The fraction of sp³-hybridized carbons (Fsp3) is 0.176. The second kappa shape index (κ2) is 5.97. The number of rotatable bonds is 4. The van der Waals surface area contributed by atoms with Crippen LogP contribution in [0.3, 0.4) is 0 Å². The van der Waals surface area contributed by atoms with E-state index in [2.05, 4.69) is 21.3 Å². The van der Waals surface area contributed by atoms with Crippen LogP contribution in [0.25, 0.3) is 5.65 Å². The summed E-state index contributed by atoms with van der Waals surface area (Å²) >= 11 is 0. The van der Waals surface area contributed by atoms with E-state index in [0.29, 0.717) is 28.5 Å². The monoisotopic (exact) mass is 310 g/mol. The predicted molar refractivity (Wildman–Crippen MR) is 85.9 cm³/mol. The van der Waals surface area contributed by atoms with E-state index < -0.39 is 0 Å². The van der Waals surface area contributed by atoms with Crippen molar-refractivity contribution in [1.29, 1.82) is 0 Å². The molecular weight excluding hydrogens is 295 g/mol. The van der Waals surface area contributed by atoms with Crippen molar-refractivity contribution in [2.75, 3.05) is 12.4 Å². The van der Waals surface area contributed by atoms with Crippen molar-refractivity contribution >= 4 is 11.5 Å². The molecule has 0 aliphatic carbocycles. The molecule has 23 heavy (non-hydrogen) atoms. The molecule has 116 valence electrons. The van der Waals surface area contributed by atoms with Gasteiger partial charge in [-0.3, -0.25) is 0 Å². The molecule has 2 heterocycles. The number of hydrogen-bond acceptors (Lipinski definition) is 4. The van der Waals surface area contributed by atoms with Crippen molar-refractivity contribution in [3.05, 3.63) is 53.6 Å². The molecule has 0 aliphatic heterocycles. The number of halogens is 1. The molecule has 0 bridgehead atoms. The fourth-order valence-electron chi connectivity index (χ4n) is 2.39. The molecule has 1 N–H and O–H groups in total. The van der Waals surface area contributed by atoms with E-state index in [9.17, 15) is 4.39 Å². The van der Waals surface area contributed by atoms with Crippen LogP contribution in [0, 0.1) is 18.2 Å². The smallest absolute Gasteiger partial charge is 0.155 e. The minimum atomic E-state index is -0.318. The summed E-state index contributed by atoms with van der Waals surface area (Å²) in [5.41, 5.74) is 1.94. The van der Waals surface area contributed by atoms with Crippen LogP contribution in [0.5, 0.6) is 5.75 Å². The topological polar surface area (TPSA) is 51.5 Å². The van der Waals surface area contributed by atoms with Crippen molar-refractivity contribution in [3.8, 4) is 18.1 Å². The zero-order chi connectivity index (χ0) is 16.4. The van der Waals surface area contributed by atoms with E-state index in [-0.39, 0.29) is 11.9 Å². The van der Waals surface area contributed by atoms with E-state index in [1.54, 1.807) is 30.0 Å². The number of benzene rings is 1. The number of nitrogens with zero attached hydrogens (tertiary/aromatic N) is 3. The summed E-state index contributed by atoms with van der Waals surface area (Å²) in [6, 6.07) is 7.81. The van der Waals surface area contributed by atoms with Crippen LogP contribution in [0.1, 0.15) is 24.2 Å². The van der Waals surface area contributed by atoms with Gasteiger partial charge >= 0.3 is 0 Å². The Morgan fingerprint density at radius 1 is 1.35 bits per heavy atom. The maximum absolute atomic E-state index is 13.5. The third-order valence-electron chi connectivity index (χ3n) is 3.53. The highest BCUT2D eigenvalue weighted by Gasteiger charge is 2.14. The molecule has 1 aromatic carbocycles. The first kappa shape index (κ1) is 14.9. The Hall–Kier alpha value is -3.07. The van der Waals surface area contributed by atoms with Crippen LogP contribution < -0.4 is 10.1 Å². The van der Waals surface area contributed by atoms with E-state index in [0.717, 1.165) is 0 Å². The Morgan fingerprint density at radius 3 is 2.91 bits per heavy atom. The zero-order valence-corrected chi connectivity index (χ0v) is 12.7. The number of ether oxygens (including phenoxy) is 1. The van der Waals surface area contributed by atoms with Gasteiger partial charge in [-0.15, -0.1) is 11.5 Å². The first-order chi connectivity index (χ1) is 11.1. The fourth-order valence-corrected chi connectivity index (χ4v) is 2.39. The van der Waals surface area contributed by atoms with Gasteiger partial charge < -0.3 is 10.1 Å². The SMILES string of the molecule is C#Cc1cnc2ccc(NC(C)c3cc(F)ccc3OC)nn12. The molecule has 5 nitrogen and oxygen atoms in total. The zero-order valence-electron chi connectivity index (χ0n) is 12.7. The molecule has 0 aliphatic rings. The Balaban J connectivity index is 1.92. The van der Waals surface area contributed by atoms with Crippen molar-refractivity contribution in [3.63, 3.8) is 0 Å². The van der Waals surface area contributed by atoms with E-state index in [1.165, 1.54) is 12.1 Å². The highest BCUT2D eigenvalue weighted by molar-refractivity contribution is 5.49. The standard InChI is InChI=1S/C17H15FN4O/c1-4-13-10-19-17-8-7-16(21-22(13)17)20-11(2)14-9-12(18)5-6-15(14)23-3/h1,5-11H,2-3H3,(H,20,21). The molecule has 0 saturated carbocycles. The highest BCUT2D eigenvalue weighted by Crippen LogP contribution is 2.28. The minimum Gasteiger partial charge on any atom is -0.496 e.